The first kappa shape index (κ1) is 19.1. The van der Waals surface area contributed by atoms with E-state index in [4.69, 9.17) is 4.74 Å². The highest BCUT2D eigenvalue weighted by molar-refractivity contribution is 7.98. The summed E-state index contributed by atoms with van der Waals surface area (Å²) >= 11 is 1.79. The molecule has 1 fully saturated rings. The maximum absolute atomic E-state index is 5.31. The number of benzene rings is 2. The van der Waals surface area contributed by atoms with Crippen molar-refractivity contribution in [2.24, 2.45) is 0 Å². The third-order valence-corrected chi connectivity index (χ3v) is 6.46. The minimum atomic E-state index is 0.487. The van der Waals surface area contributed by atoms with Gasteiger partial charge in [0.15, 0.2) is 11.0 Å². The van der Waals surface area contributed by atoms with Crippen LogP contribution in [0.3, 0.4) is 0 Å². The average Bonchev–Trinajstić information content (AvgIpc) is 3.18. The van der Waals surface area contributed by atoms with Gasteiger partial charge in [0, 0.05) is 17.4 Å². The number of thioether (sulfide) groups is 1. The van der Waals surface area contributed by atoms with E-state index in [9.17, 15) is 0 Å². The highest BCUT2D eigenvalue weighted by Crippen LogP contribution is 2.36. The van der Waals surface area contributed by atoms with E-state index in [-0.39, 0.29) is 0 Å². The molecule has 1 heterocycles. The predicted molar refractivity (Wildman–Crippen MR) is 115 cm³/mol. The molecule has 5 heteroatoms. The molecule has 146 valence electrons. The van der Waals surface area contributed by atoms with Crippen LogP contribution in [-0.4, -0.2) is 21.9 Å². The largest absolute Gasteiger partial charge is 0.497 e. The van der Waals surface area contributed by atoms with Gasteiger partial charge in [-0.15, -0.1) is 10.2 Å². The number of nitrogens with zero attached hydrogens (tertiary/aromatic N) is 3. The van der Waals surface area contributed by atoms with Crippen LogP contribution in [0.2, 0.25) is 0 Å². The molecule has 0 amide bonds. The SMILES string of the molecule is COc1ccc(-c2nnc(SCc3ccc(C)cc3)n2C2CCCCC2)cc1. The molecule has 3 aromatic rings. The van der Waals surface area contributed by atoms with E-state index in [0.717, 1.165) is 28.0 Å². The number of aryl methyl sites for hydroxylation is 1. The molecule has 2 aromatic carbocycles. The second-order valence-electron chi connectivity index (χ2n) is 7.47. The fraction of sp³-hybridized carbons (Fsp3) is 0.391. The van der Waals surface area contributed by atoms with E-state index in [1.807, 2.05) is 12.1 Å². The van der Waals surface area contributed by atoms with Gasteiger partial charge in [-0.05, 0) is 49.6 Å². The number of methoxy groups -OCH3 is 1. The van der Waals surface area contributed by atoms with Crippen molar-refractivity contribution in [3.63, 3.8) is 0 Å². The lowest BCUT2D eigenvalue weighted by atomic mass is 9.95. The maximum Gasteiger partial charge on any atom is 0.192 e. The van der Waals surface area contributed by atoms with E-state index in [0.29, 0.717) is 6.04 Å². The number of aromatic nitrogens is 3. The molecule has 0 aliphatic heterocycles. The van der Waals surface area contributed by atoms with Crippen LogP contribution in [0, 0.1) is 6.92 Å². The first-order valence-electron chi connectivity index (χ1n) is 10.0. The lowest BCUT2D eigenvalue weighted by molar-refractivity contribution is 0.339. The lowest BCUT2D eigenvalue weighted by Crippen LogP contribution is -2.15. The minimum Gasteiger partial charge on any atom is -0.497 e. The molecule has 0 N–H and O–H groups in total. The van der Waals surface area contributed by atoms with Crippen LogP contribution in [-0.2, 0) is 5.75 Å². The summed E-state index contributed by atoms with van der Waals surface area (Å²) < 4.78 is 7.69. The molecule has 1 aliphatic carbocycles. The van der Waals surface area contributed by atoms with Crippen molar-refractivity contribution in [2.75, 3.05) is 7.11 Å². The van der Waals surface area contributed by atoms with Crippen LogP contribution in [0.5, 0.6) is 5.75 Å². The number of hydrogen-bond acceptors (Lipinski definition) is 4. The fourth-order valence-corrected chi connectivity index (χ4v) is 4.77. The van der Waals surface area contributed by atoms with Crippen molar-refractivity contribution in [1.82, 2.24) is 14.8 Å². The van der Waals surface area contributed by atoms with Gasteiger partial charge in [-0.25, -0.2) is 0 Å². The Kier molecular flexibility index (Phi) is 6.01. The quantitative estimate of drug-likeness (QED) is 0.477. The third-order valence-electron chi connectivity index (χ3n) is 5.44. The molecule has 0 bridgehead atoms. The van der Waals surface area contributed by atoms with Crippen LogP contribution in [0.15, 0.2) is 53.7 Å². The Hall–Kier alpha value is -2.27. The molecule has 1 saturated carbocycles. The van der Waals surface area contributed by atoms with Crippen LogP contribution >= 0.6 is 11.8 Å². The minimum absolute atomic E-state index is 0.487. The standard InChI is InChI=1S/C23H27N3OS/c1-17-8-10-18(11-9-17)16-28-23-25-24-22(19-12-14-21(27-2)15-13-19)26(23)20-6-4-3-5-7-20/h8-15,20H,3-7,16H2,1-2H3. The number of ether oxygens (including phenoxy) is 1. The van der Waals surface area contributed by atoms with E-state index in [1.165, 1.54) is 43.2 Å². The maximum atomic E-state index is 5.31. The fourth-order valence-electron chi connectivity index (χ4n) is 3.81. The van der Waals surface area contributed by atoms with E-state index in [1.54, 1.807) is 18.9 Å². The van der Waals surface area contributed by atoms with E-state index < -0.39 is 0 Å². The molecule has 0 spiro atoms. The Morgan fingerprint density at radius 2 is 1.68 bits per heavy atom. The van der Waals surface area contributed by atoms with Crippen molar-refractivity contribution >= 4 is 11.8 Å². The summed E-state index contributed by atoms with van der Waals surface area (Å²) in [4.78, 5) is 0. The summed E-state index contributed by atoms with van der Waals surface area (Å²) in [5, 5.41) is 10.2. The monoisotopic (exact) mass is 393 g/mol. The molecule has 0 radical (unpaired) electrons. The summed E-state index contributed by atoms with van der Waals surface area (Å²) in [6.07, 6.45) is 6.32. The van der Waals surface area contributed by atoms with Gasteiger partial charge in [0.2, 0.25) is 0 Å². The second kappa shape index (κ2) is 8.82. The van der Waals surface area contributed by atoms with Gasteiger partial charge in [-0.1, -0.05) is 60.9 Å². The van der Waals surface area contributed by atoms with Crippen molar-refractivity contribution in [3.05, 3.63) is 59.7 Å². The summed E-state index contributed by atoms with van der Waals surface area (Å²) in [7, 11) is 1.69. The Morgan fingerprint density at radius 1 is 0.964 bits per heavy atom. The van der Waals surface area contributed by atoms with Crippen molar-refractivity contribution in [3.8, 4) is 17.1 Å². The zero-order valence-electron chi connectivity index (χ0n) is 16.6. The molecule has 4 nitrogen and oxygen atoms in total. The zero-order valence-corrected chi connectivity index (χ0v) is 17.4. The number of rotatable bonds is 6. The first-order chi connectivity index (χ1) is 13.7. The van der Waals surface area contributed by atoms with Crippen molar-refractivity contribution in [2.45, 2.75) is 56.0 Å². The summed E-state index contributed by atoms with van der Waals surface area (Å²) in [5.41, 5.74) is 3.71. The molecule has 28 heavy (non-hydrogen) atoms. The molecule has 4 rings (SSSR count). The van der Waals surface area contributed by atoms with E-state index in [2.05, 4.69) is 58.1 Å². The molecular weight excluding hydrogens is 366 g/mol. The zero-order chi connectivity index (χ0) is 19.3. The average molecular weight is 394 g/mol. The van der Waals surface area contributed by atoms with Gasteiger partial charge in [-0.3, -0.25) is 4.57 Å². The predicted octanol–water partition coefficient (Wildman–Crippen LogP) is 6.06. The van der Waals surface area contributed by atoms with Gasteiger partial charge in [-0.2, -0.15) is 0 Å². The van der Waals surface area contributed by atoms with Gasteiger partial charge in [0.05, 0.1) is 7.11 Å². The highest BCUT2D eigenvalue weighted by atomic mass is 32.2. The first-order valence-corrected chi connectivity index (χ1v) is 11.0. The van der Waals surface area contributed by atoms with E-state index >= 15 is 0 Å². The topological polar surface area (TPSA) is 39.9 Å². The Bertz CT molecular complexity index is 897. The smallest absolute Gasteiger partial charge is 0.192 e. The Balaban J connectivity index is 1.63. The highest BCUT2D eigenvalue weighted by Gasteiger charge is 2.23. The Morgan fingerprint density at radius 3 is 2.36 bits per heavy atom. The van der Waals surface area contributed by atoms with Gasteiger partial charge in [0.1, 0.15) is 5.75 Å². The molecular formula is C23H27N3OS. The van der Waals surface area contributed by atoms with Gasteiger partial charge in [0.25, 0.3) is 0 Å². The molecule has 0 atom stereocenters. The van der Waals surface area contributed by atoms with Crippen LogP contribution in [0.1, 0.15) is 49.3 Å². The van der Waals surface area contributed by atoms with Gasteiger partial charge >= 0.3 is 0 Å². The van der Waals surface area contributed by atoms with Crippen LogP contribution in [0.25, 0.3) is 11.4 Å². The third kappa shape index (κ3) is 4.25. The molecule has 1 aromatic heterocycles. The summed E-state index contributed by atoms with van der Waals surface area (Å²) in [6.45, 7) is 2.12. The summed E-state index contributed by atoms with van der Waals surface area (Å²) in [6, 6.07) is 17.4. The normalized spacial score (nSPS) is 14.9. The lowest BCUT2D eigenvalue weighted by Gasteiger charge is -2.25. The second-order valence-corrected chi connectivity index (χ2v) is 8.41. The van der Waals surface area contributed by atoms with Gasteiger partial charge < -0.3 is 4.74 Å². The van der Waals surface area contributed by atoms with Crippen LogP contribution in [0.4, 0.5) is 0 Å². The number of hydrogen-bond donors (Lipinski definition) is 0. The molecule has 1 aliphatic rings. The molecule has 0 saturated heterocycles. The molecule has 0 unspecified atom stereocenters. The van der Waals surface area contributed by atoms with Crippen molar-refractivity contribution < 1.29 is 4.74 Å². The van der Waals surface area contributed by atoms with Crippen LogP contribution < -0.4 is 4.74 Å². The summed E-state index contributed by atoms with van der Waals surface area (Å²) in [5.74, 6) is 2.75. The Labute approximate surface area is 171 Å². The van der Waals surface area contributed by atoms with Crippen molar-refractivity contribution in [1.29, 1.82) is 0 Å².